The summed E-state index contributed by atoms with van der Waals surface area (Å²) in [4.78, 5) is 11.8. The van der Waals surface area contributed by atoms with Crippen molar-refractivity contribution >= 4 is 11.6 Å². The molecule has 3 N–H and O–H groups in total. The lowest BCUT2D eigenvalue weighted by atomic mass is 9.86. The molecule has 1 aliphatic rings. The summed E-state index contributed by atoms with van der Waals surface area (Å²) in [6.07, 6.45) is 4.42. The number of rotatable bonds is 5. The van der Waals surface area contributed by atoms with Gasteiger partial charge in [0.1, 0.15) is 12.4 Å². The topological polar surface area (TPSA) is 64.3 Å². The number of carbonyl (C=O) groups excluding carboxylic acids is 1. The quantitative estimate of drug-likeness (QED) is 0.870. The zero-order chi connectivity index (χ0) is 14.4. The molecule has 1 aliphatic carbocycles. The first kappa shape index (κ1) is 14.9. The van der Waals surface area contributed by atoms with E-state index in [0.717, 1.165) is 19.3 Å². The van der Waals surface area contributed by atoms with Crippen molar-refractivity contribution in [2.24, 2.45) is 11.7 Å². The van der Waals surface area contributed by atoms with Crippen molar-refractivity contribution in [3.8, 4) is 0 Å². The monoisotopic (exact) mass is 280 g/mol. The fraction of sp³-hybridized carbons (Fsp3) is 0.533. The van der Waals surface area contributed by atoms with Crippen LogP contribution in [0.25, 0.3) is 0 Å². The summed E-state index contributed by atoms with van der Waals surface area (Å²) in [7, 11) is 0. The standard InChI is InChI=1S/C15H21FN2O2/c16-12-5-7-13(8-6-12)18-15(19)10-20-14-4-2-1-3-11(14)9-17/h5-8,11,14H,1-4,9-10,17H2,(H,18,19). The molecule has 110 valence electrons. The second-order valence-electron chi connectivity index (χ2n) is 5.18. The van der Waals surface area contributed by atoms with Gasteiger partial charge in [-0.1, -0.05) is 12.8 Å². The summed E-state index contributed by atoms with van der Waals surface area (Å²) in [5.41, 5.74) is 6.29. The molecule has 1 saturated carbocycles. The number of carbonyl (C=O) groups is 1. The molecule has 0 aliphatic heterocycles. The Kier molecular flexibility index (Phi) is 5.49. The molecule has 2 unspecified atom stereocenters. The van der Waals surface area contributed by atoms with Crippen LogP contribution in [0.2, 0.25) is 0 Å². The van der Waals surface area contributed by atoms with E-state index in [9.17, 15) is 9.18 Å². The highest BCUT2D eigenvalue weighted by atomic mass is 19.1. The minimum absolute atomic E-state index is 0.0124. The predicted octanol–water partition coefficient (Wildman–Crippen LogP) is 2.30. The largest absolute Gasteiger partial charge is 0.368 e. The lowest BCUT2D eigenvalue weighted by Gasteiger charge is -2.30. The first-order valence-electron chi connectivity index (χ1n) is 7.06. The van der Waals surface area contributed by atoms with Crippen LogP contribution in [0, 0.1) is 11.7 Å². The van der Waals surface area contributed by atoms with Gasteiger partial charge in [-0.25, -0.2) is 4.39 Å². The van der Waals surface area contributed by atoms with Crippen molar-refractivity contribution in [1.29, 1.82) is 0 Å². The van der Waals surface area contributed by atoms with E-state index in [2.05, 4.69) is 5.32 Å². The van der Waals surface area contributed by atoms with Gasteiger partial charge in [0.25, 0.3) is 0 Å². The Balaban J connectivity index is 1.78. The van der Waals surface area contributed by atoms with Gasteiger partial charge in [-0.15, -0.1) is 0 Å². The van der Waals surface area contributed by atoms with Gasteiger partial charge in [-0.3, -0.25) is 4.79 Å². The van der Waals surface area contributed by atoms with E-state index in [1.165, 1.54) is 30.7 Å². The van der Waals surface area contributed by atoms with Crippen molar-refractivity contribution in [3.63, 3.8) is 0 Å². The molecule has 0 bridgehead atoms. The predicted molar refractivity (Wildman–Crippen MR) is 75.8 cm³/mol. The molecule has 2 rings (SSSR count). The van der Waals surface area contributed by atoms with Gasteiger partial charge in [-0.05, 0) is 49.6 Å². The molecule has 20 heavy (non-hydrogen) atoms. The summed E-state index contributed by atoms with van der Waals surface area (Å²) in [5.74, 6) is -0.201. The number of nitrogens with two attached hydrogens (primary N) is 1. The van der Waals surface area contributed by atoms with Gasteiger partial charge < -0.3 is 15.8 Å². The number of hydrogen-bond acceptors (Lipinski definition) is 3. The fourth-order valence-corrected chi connectivity index (χ4v) is 2.58. The van der Waals surface area contributed by atoms with Gasteiger partial charge in [0.15, 0.2) is 0 Å². The van der Waals surface area contributed by atoms with Crippen LogP contribution >= 0.6 is 0 Å². The smallest absolute Gasteiger partial charge is 0.250 e. The summed E-state index contributed by atoms with van der Waals surface area (Å²) < 4.78 is 18.4. The summed E-state index contributed by atoms with van der Waals surface area (Å²) in [6, 6.07) is 5.66. The zero-order valence-corrected chi connectivity index (χ0v) is 11.5. The maximum Gasteiger partial charge on any atom is 0.250 e. The zero-order valence-electron chi connectivity index (χ0n) is 11.5. The third-order valence-electron chi connectivity index (χ3n) is 3.70. The van der Waals surface area contributed by atoms with Gasteiger partial charge in [0.05, 0.1) is 6.10 Å². The summed E-state index contributed by atoms with van der Waals surface area (Å²) in [6.45, 7) is 0.614. The van der Waals surface area contributed by atoms with Crippen molar-refractivity contribution < 1.29 is 13.9 Å². The van der Waals surface area contributed by atoms with Gasteiger partial charge >= 0.3 is 0 Å². The molecule has 0 spiro atoms. The molecule has 4 nitrogen and oxygen atoms in total. The molecule has 0 aromatic heterocycles. The Hall–Kier alpha value is -1.46. The first-order chi connectivity index (χ1) is 9.69. The van der Waals surface area contributed by atoms with Crippen LogP contribution in [0.3, 0.4) is 0 Å². The molecule has 1 aromatic carbocycles. The van der Waals surface area contributed by atoms with Crippen molar-refractivity contribution in [1.82, 2.24) is 0 Å². The highest BCUT2D eigenvalue weighted by Gasteiger charge is 2.25. The molecule has 0 heterocycles. The Labute approximate surface area is 118 Å². The molecule has 1 fully saturated rings. The van der Waals surface area contributed by atoms with Crippen LogP contribution in [-0.4, -0.2) is 25.2 Å². The summed E-state index contributed by atoms with van der Waals surface area (Å²) >= 11 is 0. The van der Waals surface area contributed by atoms with E-state index in [-0.39, 0.29) is 24.4 Å². The average molecular weight is 280 g/mol. The van der Waals surface area contributed by atoms with E-state index >= 15 is 0 Å². The number of anilines is 1. The Bertz CT molecular complexity index is 436. The minimum atomic E-state index is -0.327. The molecule has 5 heteroatoms. The van der Waals surface area contributed by atoms with Crippen molar-refractivity contribution in [2.75, 3.05) is 18.5 Å². The normalized spacial score (nSPS) is 22.5. The van der Waals surface area contributed by atoms with E-state index in [1.54, 1.807) is 0 Å². The second kappa shape index (κ2) is 7.36. The third-order valence-corrected chi connectivity index (χ3v) is 3.70. The number of nitrogens with one attached hydrogen (secondary N) is 1. The van der Waals surface area contributed by atoms with Crippen LogP contribution in [0.1, 0.15) is 25.7 Å². The fourth-order valence-electron chi connectivity index (χ4n) is 2.58. The van der Waals surface area contributed by atoms with Crippen molar-refractivity contribution in [2.45, 2.75) is 31.8 Å². The van der Waals surface area contributed by atoms with E-state index in [4.69, 9.17) is 10.5 Å². The van der Waals surface area contributed by atoms with Crippen molar-refractivity contribution in [3.05, 3.63) is 30.1 Å². The maximum absolute atomic E-state index is 12.7. The lowest BCUT2D eigenvalue weighted by molar-refractivity contribution is -0.124. The molecular formula is C15H21FN2O2. The Morgan fingerprint density at radius 1 is 1.30 bits per heavy atom. The molecule has 0 saturated heterocycles. The van der Waals surface area contributed by atoms with Gasteiger partial charge in [0.2, 0.25) is 5.91 Å². The van der Waals surface area contributed by atoms with Gasteiger partial charge in [-0.2, -0.15) is 0 Å². The first-order valence-corrected chi connectivity index (χ1v) is 7.06. The third kappa shape index (κ3) is 4.28. The average Bonchev–Trinajstić information content (AvgIpc) is 2.48. The number of ether oxygens (including phenoxy) is 1. The molecule has 0 radical (unpaired) electrons. The molecule has 1 aromatic rings. The molecular weight excluding hydrogens is 259 g/mol. The van der Waals surface area contributed by atoms with Gasteiger partial charge in [0, 0.05) is 5.69 Å². The Morgan fingerprint density at radius 3 is 2.70 bits per heavy atom. The van der Waals surface area contributed by atoms with E-state index in [1.807, 2.05) is 0 Å². The molecule has 1 amide bonds. The van der Waals surface area contributed by atoms with Crippen LogP contribution in [0.4, 0.5) is 10.1 Å². The number of benzene rings is 1. The van der Waals surface area contributed by atoms with E-state index in [0.29, 0.717) is 18.2 Å². The molecule has 2 atom stereocenters. The van der Waals surface area contributed by atoms with Crippen LogP contribution < -0.4 is 11.1 Å². The Morgan fingerprint density at radius 2 is 2.00 bits per heavy atom. The van der Waals surface area contributed by atoms with Crippen LogP contribution in [0.15, 0.2) is 24.3 Å². The maximum atomic E-state index is 12.7. The number of hydrogen-bond donors (Lipinski definition) is 2. The highest BCUT2D eigenvalue weighted by molar-refractivity contribution is 5.91. The summed E-state index contributed by atoms with van der Waals surface area (Å²) in [5, 5.41) is 2.68. The highest BCUT2D eigenvalue weighted by Crippen LogP contribution is 2.25. The lowest BCUT2D eigenvalue weighted by Crippen LogP contribution is -2.35. The SMILES string of the molecule is NCC1CCCCC1OCC(=O)Nc1ccc(F)cc1. The van der Waals surface area contributed by atoms with Crippen LogP contribution in [0.5, 0.6) is 0 Å². The number of amides is 1. The number of halogens is 1. The minimum Gasteiger partial charge on any atom is -0.368 e. The van der Waals surface area contributed by atoms with E-state index < -0.39 is 0 Å². The second-order valence-corrected chi connectivity index (χ2v) is 5.18. The van der Waals surface area contributed by atoms with Crippen LogP contribution in [-0.2, 0) is 9.53 Å².